The fourth-order valence-corrected chi connectivity index (χ4v) is 1.83. The van der Waals surface area contributed by atoms with Crippen molar-refractivity contribution in [1.82, 2.24) is 5.32 Å². The predicted molar refractivity (Wildman–Crippen MR) is 53.2 cm³/mol. The molecule has 1 atom stereocenters. The van der Waals surface area contributed by atoms with Gasteiger partial charge < -0.3 is 10.4 Å². The molecule has 1 aliphatic heterocycles. The number of nitrogens with one attached hydrogen (secondary N) is 1. The molecular weight excluding hydrogens is 202 g/mol. The number of aromatic hydroxyl groups is 1. The third-order valence-corrected chi connectivity index (χ3v) is 2.60. The Morgan fingerprint density at radius 3 is 2.86 bits per heavy atom. The summed E-state index contributed by atoms with van der Waals surface area (Å²) >= 11 is 5.70. The summed E-state index contributed by atoms with van der Waals surface area (Å²) in [6.07, 6.45) is 1.25. The lowest BCUT2D eigenvalue weighted by atomic mass is 10.0. The second-order valence-corrected chi connectivity index (χ2v) is 3.80. The van der Waals surface area contributed by atoms with Gasteiger partial charge in [0.05, 0.1) is 6.04 Å². The van der Waals surface area contributed by atoms with Gasteiger partial charge in [-0.2, -0.15) is 0 Å². The Kier molecular flexibility index (Phi) is 2.33. The van der Waals surface area contributed by atoms with Crippen molar-refractivity contribution in [2.45, 2.75) is 18.9 Å². The van der Waals surface area contributed by atoms with Crippen molar-refractivity contribution in [2.75, 3.05) is 0 Å². The number of benzene rings is 1. The molecule has 0 aliphatic carbocycles. The van der Waals surface area contributed by atoms with Gasteiger partial charge in [0.25, 0.3) is 0 Å². The molecule has 0 radical (unpaired) electrons. The first-order valence-electron chi connectivity index (χ1n) is 4.44. The van der Waals surface area contributed by atoms with Crippen molar-refractivity contribution < 1.29 is 9.90 Å². The van der Waals surface area contributed by atoms with E-state index in [0.717, 1.165) is 12.0 Å². The lowest BCUT2D eigenvalue weighted by Gasteiger charge is -2.11. The van der Waals surface area contributed by atoms with Crippen LogP contribution in [0.3, 0.4) is 0 Å². The molecule has 1 aromatic carbocycles. The molecule has 0 spiro atoms. The van der Waals surface area contributed by atoms with E-state index in [1.807, 2.05) is 0 Å². The van der Waals surface area contributed by atoms with Crippen LogP contribution >= 0.6 is 11.6 Å². The lowest BCUT2D eigenvalue weighted by molar-refractivity contribution is -0.119. The van der Waals surface area contributed by atoms with E-state index in [2.05, 4.69) is 5.32 Å². The highest BCUT2D eigenvalue weighted by Crippen LogP contribution is 2.32. The van der Waals surface area contributed by atoms with Gasteiger partial charge in [-0.3, -0.25) is 4.79 Å². The Balaban J connectivity index is 2.28. The number of rotatable bonds is 1. The SMILES string of the molecule is O=C1CC[C@@H](c2ccc(Cl)cc2O)N1. The van der Waals surface area contributed by atoms with Crippen molar-refractivity contribution in [3.05, 3.63) is 28.8 Å². The van der Waals surface area contributed by atoms with Crippen molar-refractivity contribution in [3.63, 3.8) is 0 Å². The Morgan fingerprint density at radius 1 is 1.50 bits per heavy atom. The number of phenolic OH excluding ortho intramolecular Hbond substituents is 1. The predicted octanol–water partition coefficient (Wildman–Crippen LogP) is 2.00. The molecule has 0 unspecified atom stereocenters. The molecule has 14 heavy (non-hydrogen) atoms. The average molecular weight is 212 g/mol. The minimum absolute atomic E-state index is 0.0318. The molecule has 1 aromatic rings. The van der Waals surface area contributed by atoms with Gasteiger partial charge in [0.15, 0.2) is 0 Å². The summed E-state index contributed by atoms with van der Waals surface area (Å²) in [7, 11) is 0. The topological polar surface area (TPSA) is 49.3 Å². The van der Waals surface area contributed by atoms with Gasteiger partial charge in [-0.1, -0.05) is 17.7 Å². The molecule has 1 amide bonds. The number of carbonyl (C=O) groups excluding carboxylic acids is 1. The molecule has 0 aromatic heterocycles. The van der Waals surface area contributed by atoms with Gasteiger partial charge in [0.2, 0.25) is 5.91 Å². The molecule has 74 valence electrons. The fraction of sp³-hybridized carbons (Fsp3) is 0.300. The third-order valence-electron chi connectivity index (χ3n) is 2.36. The Morgan fingerprint density at radius 2 is 2.29 bits per heavy atom. The molecule has 1 heterocycles. The number of carbonyl (C=O) groups is 1. The first-order valence-corrected chi connectivity index (χ1v) is 4.82. The van der Waals surface area contributed by atoms with Crippen molar-refractivity contribution in [3.8, 4) is 5.75 Å². The zero-order valence-electron chi connectivity index (χ0n) is 7.46. The Hall–Kier alpha value is -1.22. The molecule has 1 aliphatic rings. The van der Waals surface area contributed by atoms with E-state index < -0.39 is 0 Å². The van der Waals surface area contributed by atoms with Crippen LogP contribution in [-0.2, 0) is 4.79 Å². The summed E-state index contributed by atoms with van der Waals surface area (Å²) in [6.45, 7) is 0. The van der Waals surface area contributed by atoms with Crippen molar-refractivity contribution in [2.24, 2.45) is 0 Å². The molecule has 1 fully saturated rings. The first kappa shape index (κ1) is 9.34. The summed E-state index contributed by atoms with van der Waals surface area (Å²) in [5.74, 6) is 0.175. The highest BCUT2D eigenvalue weighted by atomic mass is 35.5. The van der Waals surface area contributed by atoms with Gasteiger partial charge in [-0.15, -0.1) is 0 Å². The zero-order chi connectivity index (χ0) is 10.1. The summed E-state index contributed by atoms with van der Waals surface area (Å²) in [6, 6.07) is 4.87. The van der Waals surface area contributed by atoms with Crippen LogP contribution < -0.4 is 5.32 Å². The average Bonchev–Trinajstić information content (AvgIpc) is 2.51. The van der Waals surface area contributed by atoms with E-state index in [9.17, 15) is 9.90 Å². The largest absolute Gasteiger partial charge is 0.508 e. The van der Waals surface area contributed by atoms with E-state index in [1.54, 1.807) is 12.1 Å². The number of halogens is 1. The molecular formula is C10H10ClNO2. The normalized spacial score (nSPS) is 20.9. The van der Waals surface area contributed by atoms with E-state index in [4.69, 9.17) is 11.6 Å². The fourth-order valence-electron chi connectivity index (χ4n) is 1.66. The minimum atomic E-state index is -0.0697. The number of hydrogen-bond acceptors (Lipinski definition) is 2. The zero-order valence-corrected chi connectivity index (χ0v) is 8.21. The van der Waals surface area contributed by atoms with Gasteiger partial charge in [-0.25, -0.2) is 0 Å². The van der Waals surface area contributed by atoms with Crippen LogP contribution in [0, 0.1) is 0 Å². The van der Waals surface area contributed by atoms with Gasteiger partial charge in [0, 0.05) is 17.0 Å². The summed E-state index contributed by atoms with van der Waals surface area (Å²) < 4.78 is 0. The Labute approximate surface area is 86.7 Å². The van der Waals surface area contributed by atoms with Crippen LogP contribution in [0.4, 0.5) is 0 Å². The number of hydrogen-bond donors (Lipinski definition) is 2. The maximum atomic E-state index is 11.0. The summed E-state index contributed by atoms with van der Waals surface area (Å²) in [5.41, 5.74) is 0.736. The molecule has 2 N–H and O–H groups in total. The molecule has 0 saturated carbocycles. The molecule has 2 rings (SSSR count). The highest BCUT2D eigenvalue weighted by Gasteiger charge is 2.24. The van der Waals surface area contributed by atoms with E-state index >= 15 is 0 Å². The number of phenols is 1. The molecule has 0 bridgehead atoms. The van der Waals surface area contributed by atoms with Crippen LogP contribution in [0.1, 0.15) is 24.4 Å². The maximum Gasteiger partial charge on any atom is 0.220 e. The lowest BCUT2D eigenvalue weighted by Crippen LogP contribution is -2.18. The van der Waals surface area contributed by atoms with Crippen LogP contribution in [0.2, 0.25) is 5.02 Å². The van der Waals surface area contributed by atoms with Crippen molar-refractivity contribution in [1.29, 1.82) is 0 Å². The summed E-state index contributed by atoms with van der Waals surface area (Å²) in [4.78, 5) is 11.0. The van der Waals surface area contributed by atoms with Crippen LogP contribution in [0.5, 0.6) is 5.75 Å². The third kappa shape index (κ3) is 1.68. The van der Waals surface area contributed by atoms with Crippen LogP contribution in [-0.4, -0.2) is 11.0 Å². The van der Waals surface area contributed by atoms with Crippen LogP contribution in [0.15, 0.2) is 18.2 Å². The van der Waals surface area contributed by atoms with Crippen molar-refractivity contribution >= 4 is 17.5 Å². The molecule has 4 heteroatoms. The summed E-state index contributed by atoms with van der Waals surface area (Å²) in [5, 5.41) is 12.9. The maximum absolute atomic E-state index is 11.0. The van der Waals surface area contributed by atoms with Crippen LogP contribution in [0.25, 0.3) is 0 Å². The second kappa shape index (κ2) is 3.50. The van der Waals surface area contributed by atoms with E-state index in [-0.39, 0.29) is 17.7 Å². The van der Waals surface area contributed by atoms with Gasteiger partial charge in [0.1, 0.15) is 5.75 Å². The molecule has 1 saturated heterocycles. The quantitative estimate of drug-likeness (QED) is 0.747. The molecule has 3 nitrogen and oxygen atoms in total. The van der Waals surface area contributed by atoms with E-state index in [0.29, 0.717) is 11.4 Å². The van der Waals surface area contributed by atoms with Gasteiger partial charge in [-0.05, 0) is 18.6 Å². The minimum Gasteiger partial charge on any atom is -0.508 e. The second-order valence-electron chi connectivity index (χ2n) is 3.36. The first-order chi connectivity index (χ1) is 6.66. The monoisotopic (exact) mass is 211 g/mol. The standard InChI is InChI=1S/C10H10ClNO2/c11-6-1-2-7(9(13)5-6)8-3-4-10(14)12-8/h1-2,5,8,13H,3-4H2,(H,12,14)/t8-/m0/s1. The smallest absolute Gasteiger partial charge is 0.220 e. The van der Waals surface area contributed by atoms with E-state index in [1.165, 1.54) is 6.07 Å². The highest BCUT2D eigenvalue weighted by molar-refractivity contribution is 6.30. The number of amides is 1. The Bertz CT molecular complexity index is 378. The van der Waals surface area contributed by atoms with Gasteiger partial charge >= 0.3 is 0 Å².